The van der Waals surface area contributed by atoms with E-state index in [1.165, 1.54) is 15.3 Å². The zero-order valence-corrected chi connectivity index (χ0v) is 10.9. The van der Waals surface area contributed by atoms with E-state index in [1.807, 2.05) is 11.3 Å². The Hall–Kier alpha value is -0.600. The molecule has 0 bridgehead atoms. The summed E-state index contributed by atoms with van der Waals surface area (Å²) in [7, 11) is 0. The normalized spacial score (nSPS) is 12.5. The molecule has 0 aliphatic heterocycles. The molecular formula is C13H21NS. The van der Waals surface area contributed by atoms with Crippen molar-refractivity contribution in [2.24, 2.45) is 0 Å². The second kappa shape index (κ2) is 6.09. The van der Waals surface area contributed by atoms with Gasteiger partial charge in [-0.25, -0.2) is 0 Å². The third-order valence-electron chi connectivity index (χ3n) is 2.39. The Labute approximate surface area is 97.2 Å². The molecule has 0 saturated carbocycles. The Kier molecular flexibility index (Phi) is 5.06. The van der Waals surface area contributed by atoms with Crippen LogP contribution in [0.3, 0.4) is 0 Å². The number of hydrogen-bond acceptors (Lipinski definition) is 2. The fourth-order valence-electron chi connectivity index (χ4n) is 1.36. The van der Waals surface area contributed by atoms with Crippen LogP contribution in [-0.2, 0) is 6.42 Å². The summed E-state index contributed by atoms with van der Waals surface area (Å²) >= 11 is 1.92. The largest absolute Gasteiger partial charge is 0.306 e. The highest BCUT2D eigenvalue weighted by atomic mass is 32.1. The standard InChI is InChI=1S/C13H21NS/c1-5-12-6-7-13(15-12)11(4)14-9-8-10(2)3/h6-8,11,14H,5,9H2,1-4H3. The minimum absolute atomic E-state index is 0.464. The van der Waals surface area contributed by atoms with Gasteiger partial charge in [0.05, 0.1) is 0 Å². The van der Waals surface area contributed by atoms with Gasteiger partial charge in [-0.1, -0.05) is 18.6 Å². The Balaban J connectivity index is 2.46. The fraction of sp³-hybridized carbons (Fsp3) is 0.538. The van der Waals surface area contributed by atoms with Gasteiger partial charge in [-0.05, 0) is 39.3 Å². The summed E-state index contributed by atoms with van der Waals surface area (Å²) in [5.74, 6) is 0. The zero-order chi connectivity index (χ0) is 11.3. The average molecular weight is 223 g/mol. The molecule has 0 aromatic carbocycles. The van der Waals surface area contributed by atoms with Gasteiger partial charge in [0.1, 0.15) is 0 Å². The molecule has 2 heteroatoms. The van der Waals surface area contributed by atoms with E-state index >= 15 is 0 Å². The van der Waals surface area contributed by atoms with Gasteiger partial charge in [0.2, 0.25) is 0 Å². The highest BCUT2D eigenvalue weighted by molar-refractivity contribution is 7.12. The van der Waals surface area contributed by atoms with Gasteiger partial charge in [-0.15, -0.1) is 11.3 Å². The van der Waals surface area contributed by atoms with E-state index in [4.69, 9.17) is 0 Å². The van der Waals surface area contributed by atoms with Crippen molar-refractivity contribution in [1.82, 2.24) is 5.32 Å². The van der Waals surface area contributed by atoms with Gasteiger partial charge in [0.25, 0.3) is 0 Å². The predicted octanol–water partition coefficient (Wildman–Crippen LogP) is 3.93. The third-order valence-corrected chi connectivity index (χ3v) is 3.80. The van der Waals surface area contributed by atoms with Crippen molar-refractivity contribution in [3.05, 3.63) is 33.5 Å². The second-order valence-corrected chi connectivity index (χ2v) is 5.27. The summed E-state index contributed by atoms with van der Waals surface area (Å²) in [4.78, 5) is 2.91. The van der Waals surface area contributed by atoms with Crippen molar-refractivity contribution in [2.45, 2.75) is 40.2 Å². The molecule has 1 aromatic heterocycles. The van der Waals surface area contributed by atoms with Gasteiger partial charge in [0, 0.05) is 22.3 Å². The molecule has 1 N–H and O–H groups in total. The monoisotopic (exact) mass is 223 g/mol. The molecule has 0 aliphatic rings. The summed E-state index contributed by atoms with van der Waals surface area (Å²) in [5.41, 5.74) is 1.37. The molecule has 0 fully saturated rings. The summed E-state index contributed by atoms with van der Waals surface area (Å²) in [6.07, 6.45) is 3.37. The first-order valence-corrected chi connectivity index (χ1v) is 6.40. The number of rotatable bonds is 5. The maximum Gasteiger partial charge on any atom is 0.0388 e. The van der Waals surface area contributed by atoms with Crippen molar-refractivity contribution in [1.29, 1.82) is 0 Å². The number of nitrogens with one attached hydrogen (secondary N) is 1. The average Bonchev–Trinajstić information content (AvgIpc) is 2.65. The van der Waals surface area contributed by atoms with E-state index in [9.17, 15) is 0 Å². The van der Waals surface area contributed by atoms with Crippen LogP contribution in [0.25, 0.3) is 0 Å². The summed E-state index contributed by atoms with van der Waals surface area (Å²) in [6.45, 7) is 9.66. The molecular weight excluding hydrogens is 202 g/mol. The Morgan fingerprint density at radius 1 is 1.47 bits per heavy atom. The molecule has 15 heavy (non-hydrogen) atoms. The van der Waals surface area contributed by atoms with Crippen LogP contribution < -0.4 is 5.32 Å². The lowest BCUT2D eigenvalue weighted by Crippen LogP contribution is -2.17. The van der Waals surface area contributed by atoms with E-state index in [1.54, 1.807) is 0 Å². The molecule has 1 unspecified atom stereocenters. The van der Waals surface area contributed by atoms with Gasteiger partial charge >= 0.3 is 0 Å². The zero-order valence-electron chi connectivity index (χ0n) is 10.1. The minimum atomic E-state index is 0.464. The van der Waals surface area contributed by atoms with E-state index in [-0.39, 0.29) is 0 Å². The number of aryl methyl sites for hydroxylation is 1. The van der Waals surface area contributed by atoms with E-state index in [2.05, 4.69) is 51.2 Å². The molecule has 0 radical (unpaired) electrons. The highest BCUT2D eigenvalue weighted by Gasteiger charge is 2.06. The van der Waals surface area contributed by atoms with Crippen LogP contribution in [0, 0.1) is 0 Å². The van der Waals surface area contributed by atoms with Crippen LogP contribution in [0.2, 0.25) is 0 Å². The molecule has 0 amide bonds. The highest BCUT2D eigenvalue weighted by Crippen LogP contribution is 2.23. The lowest BCUT2D eigenvalue weighted by Gasteiger charge is -2.10. The van der Waals surface area contributed by atoms with Crippen LogP contribution in [0.1, 0.15) is 43.5 Å². The SMILES string of the molecule is CCc1ccc(C(C)NCC=C(C)C)s1. The molecule has 0 aliphatic carbocycles. The molecule has 1 aromatic rings. The van der Waals surface area contributed by atoms with Crippen LogP contribution in [0.15, 0.2) is 23.8 Å². The van der Waals surface area contributed by atoms with E-state index in [0.717, 1.165) is 13.0 Å². The van der Waals surface area contributed by atoms with E-state index in [0.29, 0.717) is 6.04 Å². The summed E-state index contributed by atoms with van der Waals surface area (Å²) < 4.78 is 0. The quantitative estimate of drug-likeness (QED) is 0.746. The lowest BCUT2D eigenvalue weighted by atomic mass is 10.2. The number of allylic oxidation sites excluding steroid dienone is 1. The van der Waals surface area contributed by atoms with Crippen molar-refractivity contribution in [3.63, 3.8) is 0 Å². The summed E-state index contributed by atoms with van der Waals surface area (Å²) in [5, 5.41) is 3.50. The molecule has 1 heterocycles. The lowest BCUT2D eigenvalue weighted by molar-refractivity contribution is 0.626. The van der Waals surface area contributed by atoms with Crippen LogP contribution in [-0.4, -0.2) is 6.54 Å². The van der Waals surface area contributed by atoms with Crippen molar-refractivity contribution >= 4 is 11.3 Å². The van der Waals surface area contributed by atoms with Crippen LogP contribution in [0.5, 0.6) is 0 Å². The smallest absolute Gasteiger partial charge is 0.0388 e. The molecule has 1 rings (SSSR count). The number of hydrogen-bond donors (Lipinski definition) is 1. The Morgan fingerprint density at radius 3 is 2.73 bits per heavy atom. The van der Waals surface area contributed by atoms with Gasteiger partial charge in [0.15, 0.2) is 0 Å². The maximum absolute atomic E-state index is 3.50. The van der Waals surface area contributed by atoms with Gasteiger partial charge in [-0.2, -0.15) is 0 Å². The first kappa shape index (κ1) is 12.5. The van der Waals surface area contributed by atoms with Crippen LogP contribution >= 0.6 is 11.3 Å². The molecule has 84 valence electrons. The Morgan fingerprint density at radius 2 is 2.20 bits per heavy atom. The summed E-state index contributed by atoms with van der Waals surface area (Å²) in [6, 6.07) is 4.94. The van der Waals surface area contributed by atoms with Gasteiger partial charge in [-0.3, -0.25) is 0 Å². The first-order chi connectivity index (χ1) is 7.13. The number of thiophene rings is 1. The topological polar surface area (TPSA) is 12.0 Å². The molecule has 0 spiro atoms. The second-order valence-electron chi connectivity index (χ2n) is 4.07. The van der Waals surface area contributed by atoms with Crippen molar-refractivity contribution in [2.75, 3.05) is 6.54 Å². The van der Waals surface area contributed by atoms with Crippen molar-refractivity contribution < 1.29 is 0 Å². The third kappa shape index (κ3) is 4.18. The minimum Gasteiger partial charge on any atom is -0.306 e. The maximum atomic E-state index is 3.50. The van der Waals surface area contributed by atoms with E-state index < -0.39 is 0 Å². The predicted molar refractivity (Wildman–Crippen MR) is 69.5 cm³/mol. The van der Waals surface area contributed by atoms with Crippen molar-refractivity contribution in [3.8, 4) is 0 Å². The van der Waals surface area contributed by atoms with Crippen LogP contribution in [0.4, 0.5) is 0 Å². The Bertz CT molecular complexity index is 321. The first-order valence-electron chi connectivity index (χ1n) is 5.58. The fourth-order valence-corrected chi connectivity index (χ4v) is 2.34. The molecule has 0 saturated heterocycles. The van der Waals surface area contributed by atoms with Gasteiger partial charge < -0.3 is 5.32 Å². The molecule has 1 nitrogen and oxygen atoms in total. The molecule has 1 atom stereocenters.